The molecule has 0 spiro atoms. The minimum absolute atomic E-state index is 0.203. The minimum Gasteiger partial charge on any atom is -0.375 e. The van der Waals surface area contributed by atoms with Crippen molar-refractivity contribution in [2.45, 2.75) is 13.0 Å². The van der Waals surface area contributed by atoms with Crippen molar-refractivity contribution in [3.05, 3.63) is 11.2 Å². The van der Waals surface area contributed by atoms with Gasteiger partial charge in [-0.2, -0.15) is 4.98 Å². The maximum absolute atomic E-state index is 5.82. The number of nitrogens with two attached hydrogens (primary N) is 1. The molecule has 0 aromatic carbocycles. The molecule has 6 heteroatoms. The normalized spacial score (nSPS) is 21.7. The molecule has 15 heavy (non-hydrogen) atoms. The van der Waals surface area contributed by atoms with Crippen molar-refractivity contribution < 1.29 is 4.74 Å². The number of aromatic nitrogens is 2. The topological polar surface area (TPSA) is 64.3 Å². The lowest BCUT2D eigenvalue weighted by Gasteiger charge is -2.31. The second-order valence-electron chi connectivity index (χ2n) is 3.53. The molecule has 82 valence electrons. The quantitative estimate of drug-likeness (QED) is 0.725. The first-order chi connectivity index (χ1) is 7.15. The van der Waals surface area contributed by atoms with Gasteiger partial charge in [-0.1, -0.05) is 11.6 Å². The maximum atomic E-state index is 5.82. The number of nitrogens with zero attached hydrogens (tertiary/aromatic N) is 3. The third-order valence-corrected chi connectivity index (χ3v) is 2.46. The summed E-state index contributed by atoms with van der Waals surface area (Å²) in [6.45, 7) is 4.32. The zero-order chi connectivity index (χ0) is 10.8. The number of hydrogen-bond donors (Lipinski definition) is 1. The highest BCUT2D eigenvalue weighted by molar-refractivity contribution is 6.29. The molecular formula is C9H13ClN4O. The lowest BCUT2D eigenvalue weighted by Crippen LogP contribution is -2.41. The van der Waals surface area contributed by atoms with Gasteiger partial charge in [0.15, 0.2) is 0 Å². The number of hydrogen-bond acceptors (Lipinski definition) is 5. The predicted octanol–water partition coefficient (Wildman–Crippen LogP) is 0.937. The zero-order valence-electron chi connectivity index (χ0n) is 8.48. The fraction of sp³-hybridized carbons (Fsp3) is 0.556. The summed E-state index contributed by atoms with van der Waals surface area (Å²) >= 11 is 5.82. The van der Waals surface area contributed by atoms with E-state index in [1.165, 1.54) is 0 Å². The van der Waals surface area contributed by atoms with Gasteiger partial charge in [0.05, 0.1) is 12.7 Å². The van der Waals surface area contributed by atoms with Crippen LogP contribution in [0.15, 0.2) is 6.07 Å². The zero-order valence-corrected chi connectivity index (χ0v) is 9.24. The summed E-state index contributed by atoms with van der Waals surface area (Å²) in [6, 6.07) is 1.72. The van der Waals surface area contributed by atoms with Gasteiger partial charge in [-0.15, -0.1) is 0 Å². The molecule has 2 rings (SSSR count). The molecule has 1 aliphatic rings. The van der Waals surface area contributed by atoms with Gasteiger partial charge < -0.3 is 15.4 Å². The first kappa shape index (κ1) is 10.4. The number of anilines is 2. The van der Waals surface area contributed by atoms with E-state index in [0.29, 0.717) is 11.8 Å². The molecule has 1 unspecified atom stereocenters. The fourth-order valence-electron chi connectivity index (χ4n) is 1.61. The largest absolute Gasteiger partial charge is 0.375 e. The highest BCUT2D eigenvalue weighted by Gasteiger charge is 2.18. The highest BCUT2D eigenvalue weighted by atomic mass is 35.5. The Kier molecular flexibility index (Phi) is 2.93. The average molecular weight is 229 g/mol. The van der Waals surface area contributed by atoms with Crippen LogP contribution in [0.5, 0.6) is 0 Å². The summed E-state index contributed by atoms with van der Waals surface area (Å²) in [4.78, 5) is 10.1. The highest BCUT2D eigenvalue weighted by Crippen LogP contribution is 2.19. The second-order valence-corrected chi connectivity index (χ2v) is 3.92. The molecular weight excluding hydrogens is 216 g/mol. The molecule has 2 N–H and O–H groups in total. The Morgan fingerprint density at radius 1 is 1.60 bits per heavy atom. The average Bonchev–Trinajstić information content (AvgIpc) is 2.16. The van der Waals surface area contributed by atoms with Crippen molar-refractivity contribution in [2.24, 2.45) is 0 Å². The van der Waals surface area contributed by atoms with E-state index < -0.39 is 0 Å². The number of rotatable bonds is 1. The molecule has 1 aromatic rings. The molecule has 0 amide bonds. The van der Waals surface area contributed by atoms with E-state index >= 15 is 0 Å². The third-order valence-electron chi connectivity index (χ3n) is 2.26. The summed E-state index contributed by atoms with van der Waals surface area (Å²) in [6.07, 6.45) is 0.203. The maximum Gasteiger partial charge on any atom is 0.223 e. The molecule has 0 aliphatic carbocycles. The Morgan fingerprint density at radius 3 is 3.07 bits per heavy atom. The van der Waals surface area contributed by atoms with Crippen molar-refractivity contribution in [1.82, 2.24) is 9.97 Å². The Hall–Kier alpha value is -1.07. The smallest absolute Gasteiger partial charge is 0.223 e. The number of morpholine rings is 1. The fourth-order valence-corrected chi connectivity index (χ4v) is 1.80. The van der Waals surface area contributed by atoms with Crippen LogP contribution < -0.4 is 10.6 Å². The lowest BCUT2D eigenvalue weighted by molar-refractivity contribution is 0.0529. The Morgan fingerprint density at radius 2 is 2.40 bits per heavy atom. The predicted molar refractivity (Wildman–Crippen MR) is 59.1 cm³/mol. The molecule has 1 fully saturated rings. The van der Waals surface area contributed by atoms with E-state index in [-0.39, 0.29) is 12.1 Å². The Labute approximate surface area is 93.2 Å². The van der Waals surface area contributed by atoms with E-state index in [1.54, 1.807) is 6.07 Å². The molecule has 2 heterocycles. The van der Waals surface area contributed by atoms with Crippen LogP contribution in [0.2, 0.25) is 5.15 Å². The van der Waals surface area contributed by atoms with Gasteiger partial charge in [-0.05, 0) is 6.92 Å². The SMILES string of the molecule is CC1CN(c2cc(Cl)nc(N)n2)CCO1. The lowest BCUT2D eigenvalue weighted by atomic mass is 10.3. The van der Waals surface area contributed by atoms with Crippen LogP contribution in [0, 0.1) is 0 Å². The van der Waals surface area contributed by atoms with Gasteiger partial charge in [0.1, 0.15) is 11.0 Å². The molecule has 0 saturated carbocycles. The van der Waals surface area contributed by atoms with Gasteiger partial charge >= 0.3 is 0 Å². The molecule has 5 nitrogen and oxygen atoms in total. The second kappa shape index (κ2) is 4.20. The van der Waals surface area contributed by atoms with Crippen LogP contribution in [0.25, 0.3) is 0 Å². The van der Waals surface area contributed by atoms with Gasteiger partial charge in [0, 0.05) is 19.2 Å². The minimum atomic E-state index is 0.203. The van der Waals surface area contributed by atoms with Gasteiger partial charge in [0.2, 0.25) is 5.95 Å². The van der Waals surface area contributed by atoms with Crippen molar-refractivity contribution in [3.8, 4) is 0 Å². The Balaban J connectivity index is 2.20. The van der Waals surface area contributed by atoms with Crippen molar-refractivity contribution in [1.29, 1.82) is 0 Å². The van der Waals surface area contributed by atoms with E-state index in [1.807, 2.05) is 6.92 Å². The summed E-state index contributed by atoms with van der Waals surface area (Å²) in [5.41, 5.74) is 5.54. The van der Waals surface area contributed by atoms with E-state index in [4.69, 9.17) is 22.1 Å². The van der Waals surface area contributed by atoms with E-state index in [0.717, 1.165) is 18.9 Å². The Bertz CT molecular complexity index is 340. The van der Waals surface area contributed by atoms with Crippen LogP contribution >= 0.6 is 11.6 Å². The number of ether oxygens (including phenoxy) is 1. The van der Waals surface area contributed by atoms with Crippen molar-refractivity contribution in [3.63, 3.8) is 0 Å². The standard InChI is InChI=1S/C9H13ClN4O/c1-6-5-14(2-3-15-6)8-4-7(10)12-9(11)13-8/h4,6H,2-3,5H2,1H3,(H2,11,12,13). The van der Waals surface area contributed by atoms with Gasteiger partial charge in [0.25, 0.3) is 0 Å². The van der Waals surface area contributed by atoms with E-state index in [9.17, 15) is 0 Å². The summed E-state index contributed by atoms with van der Waals surface area (Å²) in [7, 11) is 0. The van der Waals surface area contributed by atoms with E-state index in [2.05, 4.69) is 14.9 Å². The van der Waals surface area contributed by atoms with Crippen molar-refractivity contribution in [2.75, 3.05) is 30.3 Å². The van der Waals surface area contributed by atoms with Crippen LogP contribution in [-0.2, 0) is 4.74 Å². The summed E-state index contributed by atoms with van der Waals surface area (Å²) < 4.78 is 5.44. The number of nitrogen functional groups attached to an aromatic ring is 1. The third kappa shape index (κ3) is 2.49. The molecule has 1 aliphatic heterocycles. The first-order valence-electron chi connectivity index (χ1n) is 4.82. The van der Waals surface area contributed by atoms with Crippen LogP contribution in [0.3, 0.4) is 0 Å². The molecule has 0 radical (unpaired) electrons. The van der Waals surface area contributed by atoms with Crippen LogP contribution in [0.4, 0.5) is 11.8 Å². The van der Waals surface area contributed by atoms with Gasteiger partial charge in [-0.3, -0.25) is 0 Å². The molecule has 1 saturated heterocycles. The van der Waals surface area contributed by atoms with Crippen molar-refractivity contribution >= 4 is 23.4 Å². The first-order valence-corrected chi connectivity index (χ1v) is 5.19. The number of halogens is 1. The summed E-state index contributed by atoms with van der Waals surface area (Å²) in [5.74, 6) is 0.972. The van der Waals surface area contributed by atoms with Gasteiger partial charge in [-0.25, -0.2) is 4.98 Å². The monoisotopic (exact) mass is 228 g/mol. The van der Waals surface area contributed by atoms with Crippen LogP contribution in [-0.4, -0.2) is 35.8 Å². The molecule has 1 aromatic heterocycles. The molecule has 0 bridgehead atoms. The van der Waals surface area contributed by atoms with Crippen LogP contribution in [0.1, 0.15) is 6.92 Å². The molecule has 1 atom stereocenters. The summed E-state index contributed by atoms with van der Waals surface area (Å²) in [5, 5.41) is 0.372.